The number of fused-ring (bicyclic) bond motifs is 1. The highest BCUT2D eigenvalue weighted by atomic mass is 79.9. The molecule has 2 nitrogen and oxygen atoms in total. The maximum Gasteiger partial charge on any atom is 0.345 e. The molecule has 1 heterocycles. The first kappa shape index (κ1) is 10.6. The highest BCUT2D eigenvalue weighted by molar-refractivity contribution is 9.10. The molecule has 0 unspecified atom stereocenters. The third-order valence-electron chi connectivity index (χ3n) is 2.25. The zero-order valence-electron chi connectivity index (χ0n) is 8.08. The third kappa shape index (κ3) is 1.92. The van der Waals surface area contributed by atoms with Crippen LogP contribution < -0.4 is 0 Å². The number of rotatable bonds is 2. The van der Waals surface area contributed by atoms with E-state index in [0.29, 0.717) is 4.88 Å². The minimum atomic E-state index is -0.860. The van der Waals surface area contributed by atoms with Gasteiger partial charge in [-0.2, -0.15) is 0 Å². The molecule has 0 aliphatic carbocycles. The van der Waals surface area contributed by atoms with Crippen molar-refractivity contribution in [2.45, 2.75) is 13.3 Å². The quantitative estimate of drug-likeness (QED) is 0.907. The van der Waals surface area contributed by atoms with E-state index in [2.05, 4.69) is 22.9 Å². The van der Waals surface area contributed by atoms with Crippen molar-refractivity contribution in [3.63, 3.8) is 0 Å². The van der Waals surface area contributed by atoms with Crippen LogP contribution in [0.5, 0.6) is 0 Å². The molecule has 0 saturated heterocycles. The number of carboxylic acids is 1. The Labute approximate surface area is 99.7 Å². The Kier molecular flexibility index (Phi) is 2.80. The highest BCUT2D eigenvalue weighted by Gasteiger charge is 2.10. The molecule has 2 rings (SSSR count). The molecule has 0 atom stereocenters. The maximum absolute atomic E-state index is 10.8. The van der Waals surface area contributed by atoms with E-state index in [4.69, 9.17) is 5.11 Å². The van der Waals surface area contributed by atoms with E-state index in [-0.39, 0.29) is 0 Å². The molecule has 4 heteroatoms. The van der Waals surface area contributed by atoms with Gasteiger partial charge in [0, 0.05) is 9.17 Å². The number of carboxylic acid groups (broad SMARTS) is 1. The fourth-order valence-corrected chi connectivity index (χ4v) is 3.13. The summed E-state index contributed by atoms with van der Waals surface area (Å²) in [4.78, 5) is 11.2. The summed E-state index contributed by atoms with van der Waals surface area (Å²) in [6.45, 7) is 2.08. The van der Waals surface area contributed by atoms with Crippen molar-refractivity contribution in [2.75, 3.05) is 0 Å². The van der Waals surface area contributed by atoms with Gasteiger partial charge in [0.2, 0.25) is 0 Å². The number of hydrogen-bond acceptors (Lipinski definition) is 2. The Balaban J connectivity index is 2.69. The molecule has 15 heavy (non-hydrogen) atoms. The van der Waals surface area contributed by atoms with Gasteiger partial charge >= 0.3 is 5.97 Å². The summed E-state index contributed by atoms with van der Waals surface area (Å²) in [6.07, 6.45) is 0.951. The van der Waals surface area contributed by atoms with E-state index >= 15 is 0 Å². The standard InChI is InChI=1S/C11H9BrO2S/c1-2-6-3-7-5-9(11(13)14)15-10(7)8(12)4-6/h3-5H,2H2,1H3,(H,13,14). The zero-order valence-corrected chi connectivity index (χ0v) is 10.5. The Morgan fingerprint density at radius 2 is 2.20 bits per heavy atom. The van der Waals surface area contributed by atoms with Crippen molar-refractivity contribution >= 4 is 43.3 Å². The first-order chi connectivity index (χ1) is 7.11. The van der Waals surface area contributed by atoms with Crippen molar-refractivity contribution < 1.29 is 9.90 Å². The molecule has 0 amide bonds. The van der Waals surface area contributed by atoms with Crippen molar-refractivity contribution in [1.29, 1.82) is 0 Å². The molecular weight excluding hydrogens is 276 g/mol. The molecular formula is C11H9BrO2S. The largest absolute Gasteiger partial charge is 0.477 e. The molecule has 0 aliphatic heterocycles. The van der Waals surface area contributed by atoms with Crippen LogP contribution in [0, 0.1) is 0 Å². The van der Waals surface area contributed by atoms with Crippen LogP contribution >= 0.6 is 27.3 Å². The van der Waals surface area contributed by atoms with Gasteiger partial charge in [0.15, 0.2) is 0 Å². The number of aryl methyl sites for hydroxylation is 1. The van der Waals surface area contributed by atoms with Gasteiger partial charge in [0.1, 0.15) is 4.88 Å². The van der Waals surface area contributed by atoms with Crippen LogP contribution in [0.15, 0.2) is 22.7 Å². The number of aromatic carboxylic acids is 1. The van der Waals surface area contributed by atoms with Crippen molar-refractivity contribution in [2.24, 2.45) is 0 Å². The van der Waals surface area contributed by atoms with Crippen LogP contribution in [-0.4, -0.2) is 11.1 Å². The minimum Gasteiger partial charge on any atom is -0.477 e. The Morgan fingerprint density at radius 3 is 2.80 bits per heavy atom. The van der Waals surface area contributed by atoms with Gasteiger partial charge in [0.25, 0.3) is 0 Å². The molecule has 0 spiro atoms. The Hall–Kier alpha value is -0.870. The summed E-state index contributed by atoms with van der Waals surface area (Å²) in [5.41, 5.74) is 1.21. The number of thiophene rings is 1. The van der Waals surface area contributed by atoms with Crippen LogP contribution in [0.2, 0.25) is 0 Å². The summed E-state index contributed by atoms with van der Waals surface area (Å²) >= 11 is 4.77. The zero-order chi connectivity index (χ0) is 11.0. The van der Waals surface area contributed by atoms with Gasteiger partial charge in [-0.15, -0.1) is 11.3 Å². The van der Waals surface area contributed by atoms with E-state index in [1.807, 2.05) is 12.1 Å². The predicted molar refractivity (Wildman–Crippen MR) is 65.9 cm³/mol. The fraction of sp³-hybridized carbons (Fsp3) is 0.182. The summed E-state index contributed by atoms with van der Waals surface area (Å²) in [5, 5.41) is 9.90. The van der Waals surface area contributed by atoms with E-state index in [1.165, 1.54) is 16.9 Å². The maximum atomic E-state index is 10.8. The van der Waals surface area contributed by atoms with Crippen LogP contribution in [0.1, 0.15) is 22.2 Å². The van der Waals surface area contributed by atoms with E-state index in [1.54, 1.807) is 6.07 Å². The molecule has 1 aromatic carbocycles. The van der Waals surface area contributed by atoms with Crippen LogP contribution in [0.25, 0.3) is 10.1 Å². The third-order valence-corrected chi connectivity index (χ3v) is 4.31. The lowest BCUT2D eigenvalue weighted by Crippen LogP contribution is -1.89. The fourth-order valence-electron chi connectivity index (χ4n) is 1.48. The molecule has 2 aromatic rings. The number of carbonyl (C=O) groups is 1. The summed E-state index contributed by atoms with van der Waals surface area (Å²) in [6, 6.07) is 5.82. The van der Waals surface area contributed by atoms with Gasteiger partial charge in [-0.25, -0.2) is 4.79 Å². The first-order valence-electron chi connectivity index (χ1n) is 4.57. The van der Waals surface area contributed by atoms with E-state index < -0.39 is 5.97 Å². The van der Waals surface area contributed by atoms with Gasteiger partial charge < -0.3 is 5.11 Å². The average Bonchev–Trinajstić information content (AvgIpc) is 2.61. The Bertz CT molecular complexity index is 531. The molecule has 1 N–H and O–H groups in total. The number of hydrogen-bond donors (Lipinski definition) is 1. The minimum absolute atomic E-state index is 0.388. The first-order valence-corrected chi connectivity index (χ1v) is 6.18. The molecule has 0 fully saturated rings. The normalized spacial score (nSPS) is 10.8. The summed E-state index contributed by atoms with van der Waals surface area (Å²) in [7, 11) is 0. The highest BCUT2D eigenvalue weighted by Crippen LogP contribution is 2.33. The molecule has 0 saturated carbocycles. The second-order valence-corrected chi connectivity index (χ2v) is 5.17. The van der Waals surface area contributed by atoms with Gasteiger partial charge in [0.05, 0.1) is 0 Å². The molecule has 0 bridgehead atoms. The van der Waals surface area contributed by atoms with Crippen LogP contribution in [0.4, 0.5) is 0 Å². The lowest BCUT2D eigenvalue weighted by Gasteiger charge is -1.98. The molecule has 0 aliphatic rings. The molecule has 0 radical (unpaired) electrons. The topological polar surface area (TPSA) is 37.3 Å². The lowest BCUT2D eigenvalue weighted by molar-refractivity contribution is 0.0702. The molecule has 1 aromatic heterocycles. The Morgan fingerprint density at radius 1 is 1.47 bits per heavy atom. The number of benzene rings is 1. The predicted octanol–water partition coefficient (Wildman–Crippen LogP) is 3.92. The van der Waals surface area contributed by atoms with Crippen LogP contribution in [0.3, 0.4) is 0 Å². The SMILES string of the molecule is CCc1cc(Br)c2sc(C(=O)O)cc2c1. The summed E-state index contributed by atoms with van der Waals surface area (Å²) < 4.78 is 1.99. The second-order valence-electron chi connectivity index (χ2n) is 3.27. The smallest absolute Gasteiger partial charge is 0.345 e. The average molecular weight is 285 g/mol. The van der Waals surface area contributed by atoms with Gasteiger partial charge in [-0.05, 0) is 45.4 Å². The van der Waals surface area contributed by atoms with Crippen molar-refractivity contribution in [1.82, 2.24) is 0 Å². The second kappa shape index (κ2) is 3.94. The van der Waals surface area contributed by atoms with Crippen LogP contribution in [-0.2, 0) is 6.42 Å². The van der Waals surface area contributed by atoms with Crippen molar-refractivity contribution in [3.05, 3.63) is 33.1 Å². The monoisotopic (exact) mass is 284 g/mol. The molecule has 78 valence electrons. The lowest BCUT2D eigenvalue weighted by atomic mass is 10.1. The van der Waals surface area contributed by atoms with Gasteiger partial charge in [-0.3, -0.25) is 0 Å². The summed E-state index contributed by atoms with van der Waals surface area (Å²) in [5.74, 6) is -0.860. The van der Waals surface area contributed by atoms with Gasteiger partial charge in [-0.1, -0.05) is 13.0 Å². The van der Waals surface area contributed by atoms with E-state index in [0.717, 1.165) is 21.0 Å². The van der Waals surface area contributed by atoms with Crippen molar-refractivity contribution in [3.8, 4) is 0 Å². The van der Waals surface area contributed by atoms with E-state index in [9.17, 15) is 4.79 Å². The number of halogens is 1.